The molecule has 0 bridgehead atoms. The molecule has 0 saturated carbocycles. The fraction of sp³-hybridized carbons (Fsp3) is 0.120. The van der Waals surface area contributed by atoms with E-state index in [4.69, 9.17) is 9.97 Å². The van der Waals surface area contributed by atoms with Crippen LogP contribution in [0.25, 0.3) is 48.6 Å². The van der Waals surface area contributed by atoms with Crippen LogP contribution >= 0.6 is 22.7 Å². The summed E-state index contributed by atoms with van der Waals surface area (Å²) in [7, 11) is 0. The van der Waals surface area contributed by atoms with Crippen LogP contribution in [0, 0.1) is 0 Å². The molecule has 1 aromatic carbocycles. The number of hydrogen-bond acceptors (Lipinski definition) is 6. The molecule has 0 aliphatic heterocycles. The molecule has 1 aliphatic carbocycles. The molecular formula is C25H18N4S2. The highest BCUT2D eigenvalue weighted by molar-refractivity contribution is 7.21. The lowest BCUT2D eigenvalue weighted by Crippen LogP contribution is -1.97. The van der Waals surface area contributed by atoms with Crippen LogP contribution in [-0.4, -0.2) is 19.9 Å². The number of fused-ring (bicyclic) bond motifs is 2. The van der Waals surface area contributed by atoms with Gasteiger partial charge in [-0.15, -0.1) is 22.7 Å². The Labute approximate surface area is 188 Å². The van der Waals surface area contributed by atoms with Crippen molar-refractivity contribution in [3.63, 3.8) is 0 Å². The quantitative estimate of drug-likeness (QED) is 0.302. The van der Waals surface area contributed by atoms with Crippen molar-refractivity contribution < 1.29 is 0 Å². The summed E-state index contributed by atoms with van der Waals surface area (Å²) in [6.45, 7) is 2.24. The van der Waals surface area contributed by atoms with Gasteiger partial charge in [-0.3, -0.25) is 9.97 Å². The summed E-state index contributed by atoms with van der Waals surface area (Å²) in [5, 5.41) is 2.00. The molecule has 31 heavy (non-hydrogen) atoms. The standard InChI is InChI=1S/C25H18N4S2/c1-15-5-4-8-22-23(15)29-25(31-22)19-10-17(12-27-14-19)16-9-18(13-26-11-16)24-28-20-6-2-3-7-21(20)30-24/h2-4,6-15H,5H2,1H3. The lowest BCUT2D eigenvalue weighted by molar-refractivity contribution is 0.749. The normalized spacial score (nSPS) is 15.3. The average Bonchev–Trinajstić information content (AvgIpc) is 3.45. The van der Waals surface area contributed by atoms with Gasteiger partial charge < -0.3 is 0 Å². The van der Waals surface area contributed by atoms with Gasteiger partial charge in [0.2, 0.25) is 0 Å². The van der Waals surface area contributed by atoms with Gasteiger partial charge in [0, 0.05) is 53.0 Å². The Hall–Kier alpha value is -3.22. The van der Waals surface area contributed by atoms with Crippen molar-refractivity contribution in [2.75, 3.05) is 0 Å². The number of thiazole rings is 2. The van der Waals surface area contributed by atoms with E-state index in [1.54, 1.807) is 22.7 Å². The van der Waals surface area contributed by atoms with Crippen LogP contribution in [0.1, 0.15) is 29.8 Å². The minimum Gasteiger partial charge on any atom is -0.263 e. The van der Waals surface area contributed by atoms with Crippen molar-refractivity contribution in [3.8, 4) is 32.3 Å². The molecule has 1 atom stereocenters. The SMILES string of the molecule is CC1CC=Cc2sc(-c3cncc(-c4cncc(-c5nc6ccccc6s5)c4)c3)nc21. The third-order valence-electron chi connectivity index (χ3n) is 5.50. The third kappa shape index (κ3) is 3.38. The maximum atomic E-state index is 4.93. The first kappa shape index (κ1) is 18.5. The minimum atomic E-state index is 0.468. The van der Waals surface area contributed by atoms with E-state index in [1.807, 2.05) is 43.0 Å². The molecule has 0 spiro atoms. The molecule has 1 aliphatic rings. The van der Waals surface area contributed by atoms with Crippen molar-refractivity contribution in [2.24, 2.45) is 0 Å². The fourth-order valence-electron chi connectivity index (χ4n) is 3.86. The molecule has 4 nitrogen and oxygen atoms in total. The first-order valence-corrected chi connectivity index (χ1v) is 11.8. The number of para-hydroxylation sites is 1. The Balaban J connectivity index is 1.38. The van der Waals surface area contributed by atoms with Crippen LogP contribution in [0.3, 0.4) is 0 Å². The van der Waals surface area contributed by atoms with Crippen molar-refractivity contribution in [1.82, 2.24) is 19.9 Å². The molecular weight excluding hydrogens is 420 g/mol. The van der Waals surface area contributed by atoms with Crippen LogP contribution in [0.15, 0.2) is 67.3 Å². The van der Waals surface area contributed by atoms with Gasteiger partial charge in [0.1, 0.15) is 10.0 Å². The first-order chi connectivity index (χ1) is 15.2. The molecule has 5 aromatic rings. The Morgan fingerprint density at radius 2 is 1.48 bits per heavy atom. The molecule has 0 N–H and O–H groups in total. The van der Waals surface area contributed by atoms with Gasteiger partial charge in [0.25, 0.3) is 0 Å². The van der Waals surface area contributed by atoms with E-state index in [-0.39, 0.29) is 0 Å². The van der Waals surface area contributed by atoms with Gasteiger partial charge >= 0.3 is 0 Å². The van der Waals surface area contributed by atoms with E-state index >= 15 is 0 Å². The molecule has 4 aromatic heterocycles. The molecule has 0 radical (unpaired) electrons. The van der Waals surface area contributed by atoms with Gasteiger partial charge in [-0.05, 0) is 36.8 Å². The number of rotatable bonds is 3. The second-order valence-electron chi connectivity index (χ2n) is 7.72. The third-order valence-corrected chi connectivity index (χ3v) is 7.68. The van der Waals surface area contributed by atoms with Crippen LogP contribution < -0.4 is 0 Å². The second-order valence-corrected chi connectivity index (χ2v) is 9.78. The predicted molar refractivity (Wildman–Crippen MR) is 129 cm³/mol. The topological polar surface area (TPSA) is 51.6 Å². The van der Waals surface area contributed by atoms with Crippen molar-refractivity contribution in [1.29, 1.82) is 0 Å². The van der Waals surface area contributed by atoms with E-state index in [9.17, 15) is 0 Å². The Kier molecular flexibility index (Phi) is 4.47. The van der Waals surface area contributed by atoms with E-state index in [2.05, 4.69) is 47.2 Å². The van der Waals surface area contributed by atoms with E-state index in [0.29, 0.717) is 5.92 Å². The van der Waals surface area contributed by atoms with Gasteiger partial charge in [-0.25, -0.2) is 9.97 Å². The Morgan fingerprint density at radius 1 is 0.806 bits per heavy atom. The zero-order valence-corrected chi connectivity index (χ0v) is 18.5. The highest BCUT2D eigenvalue weighted by Gasteiger charge is 2.19. The van der Waals surface area contributed by atoms with E-state index < -0.39 is 0 Å². The smallest absolute Gasteiger partial charge is 0.126 e. The highest BCUT2D eigenvalue weighted by Crippen LogP contribution is 2.38. The van der Waals surface area contributed by atoms with Gasteiger partial charge in [0.05, 0.1) is 20.8 Å². The number of benzene rings is 1. The van der Waals surface area contributed by atoms with Gasteiger partial charge in [0.15, 0.2) is 0 Å². The second kappa shape index (κ2) is 7.48. The van der Waals surface area contributed by atoms with Crippen LogP contribution in [0.5, 0.6) is 0 Å². The molecule has 0 fully saturated rings. The molecule has 150 valence electrons. The summed E-state index contributed by atoms with van der Waals surface area (Å²) in [6.07, 6.45) is 13.0. The molecule has 1 unspecified atom stereocenters. The molecule has 6 heteroatoms. The molecule has 4 heterocycles. The maximum absolute atomic E-state index is 4.93. The lowest BCUT2D eigenvalue weighted by atomic mass is 9.98. The van der Waals surface area contributed by atoms with Crippen LogP contribution in [-0.2, 0) is 0 Å². The number of pyridine rings is 2. The summed E-state index contributed by atoms with van der Waals surface area (Å²) >= 11 is 3.42. The summed E-state index contributed by atoms with van der Waals surface area (Å²) < 4.78 is 1.18. The van der Waals surface area contributed by atoms with Gasteiger partial charge in [-0.1, -0.05) is 25.1 Å². The lowest BCUT2D eigenvalue weighted by Gasteiger charge is -2.10. The highest BCUT2D eigenvalue weighted by atomic mass is 32.1. The predicted octanol–water partition coefficient (Wildman–Crippen LogP) is 7.06. The van der Waals surface area contributed by atoms with Crippen molar-refractivity contribution >= 4 is 39.0 Å². The summed E-state index contributed by atoms with van der Waals surface area (Å²) in [5.74, 6) is 0.468. The maximum Gasteiger partial charge on any atom is 0.126 e. The largest absolute Gasteiger partial charge is 0.263 e. The molecule has 0 saturated heterocycles. The van der Waals surface area contributed by atoms with E-state index in [1.165, 1.54) is 15.3 Å². The summed E-state index contributed by atoms with van der Waals surface area (Å²) in [5.41, 5.74) is 6.35. The molecule has 0 amide bonds. The zero-order valence-electron chi connectivity index (χ0n) is 16.8. The first-order valence-electron chi connectivity index (χ1n) is 10.2. The Morgan fingerprint density at radius 3 is 2.19 bits per heavy atom. The number of aromatic nitrogens is 4. The summed E-state index contributed by atoms with van der Waals surface area (Å²) in [6, 6.07) is 12.5. The van der Waals surface area contributed by atoms with Gasteiger partial charge in [-0.2, -0.15) is 0 Å². The van der Waals surface area contributed by atoms with E-state index in [0.717, 1.165) is 44.2 Å². The van der Waals surface area contributed by atoms with Crippen molar-refractivity contribution in [3.05, 3.63) is 77.8 Å². The Bertz CT molecular complexity index is 1410. The van der Waals surface area contributed by atoms with Crippen LogP contribution in [0.4, 0.5) is 0 Å². The minimum absolute atomic E-state index is 0.468. The fourth-order valence-corrected chi connectivity index (χ4v) is 5.90. The molecule has 6 rings (SSSR count). The zero-order chi connectivity index (χ0) is 20.8. The monoisotopic (exact) mass is 438 g/mol. The number of hydrogen-bond donors (Lipinski definition) is 0. The van der Waals surface area contributed by atoms with Crippen LogP contribution in [0.2, 0.25) is 0 Å². The summed E-state index contributed by atoms with van der Waals surface area (Å²) in [4.78, 5) is 20.0. The average molecular weight is 439 g/mol. The van der Waals surface area contributed by atoms with Crippen molar-refractivity contribution in [2.45, 2.75) is 19.3 Å². The number of nitrogens with zero attached hydrogens (tertiary/aromatic N) is 4. The number of allylic oxidation sites excluding steroid dienone is 1.